The van der Waals surface area contributed by atoms with Crippen molar-refractivity contribution in [3.63, 3.8) is 0 Å². The summed E-state index contributed by atoms with van der Waals surface area (Å²) in [5, 5.41) is 61.7. The van der Waals surface area contributed by atoms with Crippen molar-refractivity contribution in [3.8, 4) is 0 Å². The van der Waals surface area contributed by atoms with Gasteiger partial charge in [0.2, 0.25) is 11.6 Å². The molecule has 0 bridgehead atoms. The van der Waals surface area contributed by atoms with Crippen molar-refractivity contribution in [2.45, 2.75) is 197 Å². The van der Waals surface area contributed by atoms with Crippen LogP contribution in [-0.2, 0) is 0 Å². The molecule has 37 heavy (non-hydrogen) atoms. The molecular weight excluding hydrogens is 468 g/mol. The molecule has 1 aliphatic carbocycles. The molecule has 0 aromatic rings. The third kappa shape index (κ3) is 15.8. The molecule has 0 unspecified atom stereocenters. The average Bonchev–Trinajstić information content (AvgIpc) is 2.84. The van der Waals surface area contributed by atoms with Gasteiger partial charge in [-0.2, -0.15) is 0 Å². The van der Waals surface area contributed by atoms with Crippen LogP contribution in [0.3, 0.4) is 0 Å². The first-order valence-electron chi connectivity index (χ1n) is 16.0. The zero-order chi connectivity index (χ0) is 27.3. The zero-order valence-electron chi connectivity index (χ0n) is 24.0. The first kappa shape index (κ1) is 34.8. The molecule has 6 nitrogen and oxygen atoms in total. The van der Waals surface area contributed by atoms with E-state index in [0.717, 1.165) is 38.5 Å². The Hall–Kier alpha value is -0.240. The molecule has 6 N–H and O–H groups in total. The van der Waals surface area contributed by atoms with E-state index in [4.69, 9.17) is 0 Å². The van der Waals surface area contributed by atoms with Crippen LogP contribution in [-0.4, -0.2) is 48.0 Å². The van der Waals surface area contributed by atoms with E-state index in [1.165, 1.54) is 116 Å². The van der Waals surface area contributed by atoms with Gasteiger partial charge in [-0.3, -0.25) is 0 Å². The van der Waals surface area contributed by atoms with Crippen molar-refractivity contribution in [2.24, 2.45) is 0 Å². The molecule has 0 aromatic heterocycles. The lowest BCUT2D eigenvalue weighted by Gasteiger charge is -2.43. The quantitative estimate of drug-likeness (QED) is 0.188. The van der Waals surface area contributed by atoms with Crippen LogP contribution in [0.4, 0.5) is 0 Å². The lowest BCUT2D eigenvalue weighted by molar-refractivity contribution is -0.454. The highest BCUT2D eigenvalue weighted by atomic mass is 16.7. The molecule has 0 radical (unpaired) electrons. The SMILES string of the molecule is OC1(O)CCCCCCCCCCCCCCCCCCCCCCCCCCCCC(O)(O)C1(O)O. The van der Waals surface area contributed by atoms with Gasteiger partial charge < -0.3 is 30.6 Å². The van der Waals surface area contributed by atoms with Gasteiger partial charge >= 0.3 is 0 Å². The molecule has 0 amide bonds. The molecule has 1 fully saturated rings. The van der Waals surface area contributed by atoms with Gasteiger partial charge in [-0.25, -0.2) is 0 Å². The summed E-state index contributed by atoms with van der Waals surface area (Å²) in [6, 6.07) is 0. The van der Waals surface area contributed by atoms with Gasteiger partial charge in [0.1, 0.15) is 0 Å². The van der Waals surface area contributed by atoms with Gasteiger partial charge in [0.15, 0.2) is 0 Å². The minimum absolute atomic E-state index is 0.317. The maximum Gasteiger partial charge on any atom is 0.274 e. The highest BCUT2D eigenvalue weighted by Crippen LogP contribution is 2.35. The Bertz CT molecular complexity index is 476. The number of rotatable bonds is 0. The third-order valence-corrected chi connectivity index (χ3v) is 8.42. The molecule has 1 aliphatic rings. The second-order valence-corrected chi connectivity index (χ2v) is 12.0. The Kier molecular flexibility index (Phi) is 19.4. The molecule has 0 spiro atoms. The molecule has 222 valence electrons. The molecule has 0 aliphatic heterocycles. The van der Waals surface area contributed by atoms with E-state index in [-0.39, 0.29) is 12.8 Å². The maximum atomic E-state index is 10.3. The Morgan fingerprint density at radius 3 is 0.514 bits per heavy atom. The monoisotopic (exact) mass is 530 g/mol. The summed E-state index contributed by atoms with van der Waals surface area (Å²) in [5.74, 6) is -9.36. The first-order chi connectivity index (χ1) is 17.7. The summed E-state index contributed by atoms with van der Waals surface area (Å²) in [7, 11) is 0. The lowest BCUT2D eigenvalue weighted by atomic mass is 9.88. The maximum absolute atomic E-state index is 10.3. The van der Waals surface area contributed by atoms with Crippen LogP contribution in [0.1, 0.15) is 180 Å². The molecule has 6 heteroatoms. The summed E-state index contributed by atoms with van der Waals surface area (Å²) in [4.78, 5) is 0. The lowest BCUT2D eigenvalue weighted by Crippen LogP contribution is -2.68. The summed E-state index contributed by atoms with van der Waals surface area (Å²) in [6.07, 6.45) is 29.5. The average molecular weight is 531 g/mol. The van der Waals surface area contributed by atoms with Crippen molar-refractivity contribution in [1.29, 1.82) is 0 Å². The van der Waals surface area contributed by atoms with Gasteiger partial charge in [0.25, 0.3) is 5.79 Å². The number of hydrogen-bond acceptors (Lipinski definition) is 6. The number of hydrogen-bond donors (Lipinski definition) is 6. The molecule has 0 aromatic carbocycles. The van der Waals surface area contributed by atoms with Gasteiger partial charge in [0.05, 0.1) is 0 Å². The molecular formula is C31H62O6. The van der Waals surface area contributed by atoms with Crippen LogP contribution in [0.5, 0.6) is 0 Å². The van der Waals surface area contributed by atoms with Crippen molar-refractivity contribution in [3.05, 3.63) is 0 Å². The minimum atomic E-state index is -3.40. The fraction of sp³-hybridized carbons (Fsp3) is 1.00. The van der Waals surface area contributed by atoms with Gasteiger partial charge in [-0.05, 0) is 12.8 Å². The molecule has 1 rings (SSSR count). The summed E-state index contributed by atoms with van der Waals surface area (Å²) < 4.78 is 0. The van der Waals surface area contributed by atoms with Crippen LogP contribution in [0.25, 0.3) is 0 Å². The van der Waals surface area contributed by atoms with Crippen LogP contribution in [0, 0.1) is 0 Å². The van der Waals surface area contributed by atoms with E-state index < -0.39 is 17.4 Å². The normalized spacial score (nSPS) is 26.4. The van der Waals surface area contributed by atoms with Crippen molar-refractivity contribution < 1.29 is 30.6 Å². The second kappa shape index (κ2) is 20.6. The summed E-state index contributed by atoms with van der Waals surface area (Å²) in [6.45, 7) is 0. The fourth-order valence-corrected chi connectivity index (χ4v) is 5.65. The van der Waals surface area contributed by atoms with Crippen molar-refractivity contribution in [2.75, 3.05) is 0 Å². The molecule has 0 atom stereocenters. The molecule has 1 saturated carbocycles. The van der Waals surface area contributed by atoms with E-state index in [9.17, 15) is 30.6 Å². The standard InChI is InChI=1S/C31H62O6/c32-29(33)27-25-23-21-19-17-15-13-11-9-7-5-3-1-2-4-6-8-10-12-14-16-18-20-22-24-26-28-30(34,35)31(29,36)37/h32-37H,1-28H2. The van der Waals surface area contributed by atoms with Gasteiger partial charge in [0, 0.05) is 12.8 Å². The Morgan fingerprint density at radius 2 is 0.351 bits per heavy atom. The zero-order valence-corrected chi connectivity index (χ0v) is 24.0. The van der Waals surface area contributed by atoms with Crippen molar-refractivity contribution >= 4 is 0 Å². The Balaban J connectivity index is 2.39. The third-order valence-electron chi connectivity index (χ3n) is 8.42. The Morgan fingerprint density at radius 1 is 0.216 bits per heavy atom. The fourth-order valence-electron chi connectivity index (χ4n) is 5.65. The van der Waals surface area contributed by atoms with Gasteiger partial charge in [-0.15, -0.1) is 0 Å². The summed E-state index contributed by atoms with van der Waals surface area (Å²) in [5.41, 5.74) is 0. The van der Waals surface area contributed by atoms with E-state index in [2.05, 4.69) is 0 Å². The van der Waals surface area contributed by atoms with E-state index in [1.54, 1.807) is 0 Å². The first-order valence-corrected chi connectivity index (χ1v) is 16.0. The van der Waals surface area contributed by atoms with Crippen molar-refractivity contribution in [1.82, 2.24) is 0 Å². The molecule has 0 saturated heterocycles. The predicted molar refractivity (Wildman–Crippen MR) is 151 cm³/mol. The van der Waals surface area contributed by atoms with Gasteiger partial charge in [-0.1, -0.05) is 154 Å². The molecule has 0 heterocycles. The predicted octanol–water partition coefficient (Wildman–Crippen LogP) is 6.97. The minimum Gasteiger partial charge on any atom is -0.361 e. The second-order valence-electron chi connectivity index (χ2n) is 12.0. The smallest absolute Gasteiger partial charge is 0.274 e. The topological polar surface area (TPSA) is 121 Å². The van der Waals surface area contributed by atoms with Crippen LogP contribution >= 0.6 is 0 Å². The highest BCUT2D eigenvalue weighted by Gasteiger charge is 2.60. The van der Waals surface area contributed by atoms with E-state index in [0.29, 0.717) is 12.8 Å². The van der Waals surface area contributed by atoms with Crippen LogP contribution in [0.15, 0.2) is 0 Å². The van der Waals surface area contributed by atoms with Crippen LogP contribution < -0.4 is 0 Å². The highest BCUT2D eigenvalue weighted by molar-refractivity contribution is 4.93. The largest absolute Gasteiger partial charge is 0.361 e. The summed E-state index contributed by atoms with van der Waals surface area (Å²) >= 11 is 0. The van der Waals surface area contributed by atoms with E-state index in [1.807, 2.05) is 0 Å². The Labute approximate surface area is 227 Å². The van der Waals surface area contributed by atoms with E-state index >= 15 is 0 Å². The number of aliphatic hydroxyl groups is 6. The van der Waals surface area contributed by atoms with Crippen LogP contribution in [0.2, 0.25) is 0 Å².